The molecule has 0 spiro atoms. The van der Waals surface area contributed by atoms with Crippen LogP contribution in [0.25, 0.3) is 11.3 Å². The van der Waals surface area contributed by atoms with E-state index < -0.39 is 6.10 Å². The summed E-state index contributed by atoms with van der Waals surface area (Å²) in [5, 5.41) is 15.2. The Hall–Kier alpha value is -1.97. The molecule has 8 heteroatoms. The van der Waals surface area contributed by atoms with Gasteiger partial charge in [-0.1, -0.05) is 35.5 Å². The first-order valence-corrected chi connectivity index (χ1v) is 12.1. The van der Waals surface area contributed by atoms with Crippen LogP contribution in [0.15, 0.2) is 34.9 Å². The summed E-state index contributed by atoms with van der Waals surface area (Å²) in [6, 6.07) is 10.1. The standard InChI is InChI=1S/C25H37N3O5/c1-19(2)32-18-21(29)15-27(16-22-9-6-12-31-22)17-23-24(20-7-4-3-5-8-20)26-33-25(23)28-10-13-30-14-11-28/h3-5,7-8,19,21-22,29H,6,9-18H2,1-2H3/t21-,22+/m0/s1. The van der Waals surface area contributed by atoms with Crippen LogP contribution in [0, 0.1) is 0 Å². The minimum Gasteiger partial charge on any atom is -0.389 e. The second-order valence-electron chi connectivity index (χ2n) is 9.15. The Kier molecular flexibility index (Phi) is 8.75. The molecule has 182 valence electrons. The van der Waals surface area contributed by atoms with Gasteiger partial charge in [0.2, 0.25) is 5.88 Å². The summed E-state index contributed by atoms with van der Waals surface area (Å²) in [5.41, 5.74) is 2.91. The fourth-order valence-corrected chi connectivity index (χ4v) is 4.44. The van der Waals surface area contributed by atoms with Crippen molar-refractivity contribution in [3.63, 3.8) is 0 Å². The third kappa shape index (κ3) is 6.77. The molecule has 1 aromatic heterocycles. The number of hydrogen-bond donors (Lipinski definition) is 1. The molecule has 33 heavy (non-hydrogen) atoms. The molecule has 0 bridgehead atoms. The topological polar surface area (TPSA) is 80.4 Å². The normalized spacial score (nSPS) is 20.2. The highest BCUT2D eigenvalue weighted by atomic mass is 16.5. The number of morpholine rings is 1. The molecule has 2 aromatic rings. The Morgan fingerprint density at radius 3 is 2.67 bits per heavy atom. The van der Waals surface area contributed by atoms with E-state index in [0.29, 0.717) is 32.9 Å². The van der Waals surface area contributed by atoms with Crippen LogP contribution in [0.1, 0.15) is 32.3 Å². The molecule has 2 aliphatic heterocycles. The number of benzene rings is 1. The monoisotopic (exact) mass is 459 g/mol. The summed E-state index contributed by atoms with van der Waals surface area (Å²) in [6.07, 6.45) is 1.80. The van der Waals surface area contributed by atoms with Crippen molar-refractivity contribution in [3.8, 4) is 11.3 Å². The van der Waals surface area contributed by atoms with E-state index in [1.165, 1.54) is 0 Å². The van der Waals surface area contributed by atoms with Crippen LogP contribution in [-0.4, -0.2) is 86.1 Å². The molecule has 0 saturated carbocycles. The predicted octanol–water partition coefficient (Wildman–Crippen LogP) is 2.95. The molecule has 2 saturated heterocycles. The summed E-state index contributed by atoms with van der Waals surface area (Å²) in [7, 11) is 0. The number of hydrogen-bond acceptors (Lipinski definition) is 8. The predicted molar refractivity (Wildman–Crippen MR) is 126 cm³/mol. The van der Waals surface area contributed by atoms with Crippen molar-refractivity contribution < 1.29 is 23.8 Å². The molecule has 0 radical (unpaired) electrons. The largest absolute Gasteiger partial charge is 0.389 e. The molecule has 4 rings (SSSR count). The number of aliphatic hydroxyl groups is 1. The van der Waals surface area contributed by atoms with Crippen LogP contribution < -0.4 is 4.90 Å². The highest BCUT2D eigenvalue weighted by Gasteiger charge is 2.28. The van der Waals surface area contributed by atoms with Gasteiger partial charge >= 0.3 is 0 Å². The number of aliphatic hydroxyl groups excluding tert-OH is 1. The zero-order valence-electron chi connectivity index (χ0n) is 19.8. The van der Waals surface area contributed by atoms with E-state index in [4.69, 9.17) is 18.7 Å². The van der Waals surface area contributed by atoms with Crippen LogP contribution in [0.4, 0.5) is 5.88 Å². The maximum atomic E-state index is 10.7. The first-order chi connectivity index (χ1) is 16.1. The fourth-order valence-electron chi connectivity index (χ4n) is 4.44. The number of anilines is 1. The lowest BCUT2D eigenvalue weighted by atomic mass is 10.1. The summed E-state index contributed by atoms with van der Waals surface area (Å²) in [6.45, 7) is 9.82. The van der Waals surface area contributed by atoms with Gasteiger partial charge in [-0.3, -0.25) is 4.90 Å². The first kappa shape index (κ1) is 24.2. The van der Waals surface area contributed by atoms with Gasteiger partial charge in [-0.05, 0) is 26.7 Å². The fraction of sp³-hybridized carbons (Fsp3) is 0.640. The Labute approximate surface area is 196 Å². The van der Waals surface area contributed by atoms with Crippen molar-refractivity contribution in [3.05, 3.63) is 35.9 Å². The Bertz CT molecular complexity index is 832. The van der Waals surface area contributed by atoms with Crippen molar-refractivity contribution in [1.82, 2.24) is 10.1 Å². The highest BCUT2D eigenvalue weighted by molar-refractivity contribution is 5.68. The van der Waals surface area contributed by atoms with Gasteiger partial charge in [0.25, 0.3) is 0 Å². The van der Waals surface area contributed by atoms with Gasteiger partial charge in [0.1, 0.15) is 5.69 Å². The van der Waals surface area contributed by atoms with Gasteiger partial charge in [-0.25, -0.2) is 0 Å². The average molecular weight is 460 g/mol. The maximum absolute atomic E-state index is 10.7. The van der Waals surface area contributed by atoms with E-state index in [-0.39, 0.29) is 12.2 Å². The quantitative estimate of drug-likeness (QED) is 0.549. The number of aromatic nitrogens is 1. The second kappa shape index (κ2) is 11.9. The lowest BCUT2D eigenvalue weighted by molar-refractivity contribution is -0.0172. The van der Waals surface area contributed by atoms with E-state index in [1.54, 1.807) is 0 Å². The van der Waals surface area contributed by atoms with Crippen molar-refractivity contribution in [1.29, 1.82) is 0 Å². The van der Waals surface area contributed by atoms with E-state index in [0.717, 1.165) is 61.8 Å². The molecular weight excluding hydrogens is 422 g/mol. The number of rotatable bonds is 11. The van der Waals surface area contributed by atoms with E-state index in [1.807, 2.05) is 32.0 Å². The third-order valence-corrected chi connectivity index (χ3v) is 6.07. The van der Waals surface area contributed by atoms with Crippen LogP contribution in [0.5, 0.6) is 0 Å². The first-order valence-electron chi connectivity index (χ1n) is 12.1. The van der Waals surface area contributed by atoms with Crippen molar-refractivity contribution in [2.75, 3.05) is 57.5 Å². The Morgan fingerprint density at radius 2 is 1.97 bits per heavy atom. The van der Waals surface area contributed by atoms with Crippen LogP contribution >= 0.6 is 0 Å². The zero-order valence-corrected chi connectivity index (χ0v) is 19.8. The molecule has 3 heterocycles. The van der Waals surface area contributed by atoms with Crippen LogP contribution in [0.2, 0.25) is 0 Å². The lowest BCUT2D eigenvalue weighted by Crippen LogP contribution is -2.40. The minimum atomic E-state index is -0.583. The summed E-state index contributed by atoms with van der Waals surface area (Å²) < 4.78 is 23.0. The van der Waals surface area contributed by atoms with Crippen molar-refractivity contribution in [2.45, 2.75) is 51.5 Å². The molecule has 1 aromatic carbocycles. The molecule has 2 fully saturated rings. The van der Waals surface area contributed by atoms with Gasteiger partial charge in [0.05, 0.1) is 43.7 Å². The van der Waals surface area contributed by atoms with E-state index in [9.17, 15) is 5.11 Å². The van der Waals surface area contributed by atoms with Gasteiger partial charge in [0.15, 0.2) is 0 Å². The Morgan fingerprint density at radius 1 is 1.18 bits per heavy atom. The van der Waals surface area contributed by atoms with Gasteiger partial charge in [0, 0.05) is 44.9 Å². The van der Waals surface area contributed by atoms with E-state index >= 15 is 0 Å². The lowest BCUT2D eigenvalue weighted by Gasteiger charge is -2.30. The van der Waals surface area contributed by atoms with Crippen LogP contribution in [-0.2, 0) is 20.8 Å². The number of nitrogens with zero attached hydrogens (tertiary/aromatic N) is 3. The molecule has 2 aliphatic rings. The SMILES string of the molecule is CC(C)OC[C@@H](O)CN(Cc1c(-c2ccccc2)noc1N1CCOCC1)C[C@H]1CCCO1. The highest BCUT2D eigenvalue weighted by Crippen LogP contribution is 2.33. The van der Waals surface area contributed by atoms with E-state index in [2.05, 4.69) is 27.1 Å². The molecule has 8 nitrogen and oxygen atoms in total. The summed E-state index contributed by atoms with van der Waals surface area (Å²) in [5.74, 6) is 0.794. The maximum Gasteiger partial charge on any atom is 0.232 e. The van der Waals surface area contributed by atoms with Crippen molar-refractivity contribution in [2.24, 2.45) is 0 Å². The molecule has 1 N–H and O–H groups in total. The molecule has 0 aliphatic carbocycles. The van der Waals surface area contributed by atoms with Gasteiger partial charge in [-0.2, -0.15) is 0 Å². The summed E-state index contributed by atoms with van der Waals surface area (Å²) >= 11 is 0. The molecular formula is C25H37N3O5. The molecule has 0 amide bonds. The molecule has 2 atom stereocenters. The molecule has 0 unspecified atom stereocenters. The Balaban J connectivity index is 1.58. The smallest absolute Gasteiger partial charge is 0.232 e. The second-order valence-corrected chi connectivity index (χ2v) is 9.15. The van der Waals surface area contributed by atoms with Gasteiger partial charge in [-0.15, -0.1) is 0 Å². The third-order valence-electron chi connectivity index (χ3n) is 6.07. The zero-order chi connectivity index (χ0) is 23.0. The van der Waals surface area contributed by atoms with Crippen molar-refractivity contribution >= 4 is 5.88 Å². The summed E-state index contributed by atoms with van der Waals surface area (Å²) in [4.78, 5) is 4.47. The number of ether oxygens (including phenoxy) is 3. The van der Waals surface area contributed by atoms with Gasteiger partial charge < -0.3 is 28.7 Å². The van der Waals surface area contributed by atoms with Crippen LogP contribution in [0.3, 0.4) is 0 Å². The average Bonchev–Trinajstić information content (AvgIpc) is 3.49. The minimum absolute atomic E-state index is 0.0851.